The van der Waals surface area contributed by atoms with E-state index in [1.165, 1.54) is 16.4 Å². The van der Waals surface area contributed by atoms with Gasteiger partial charge in [0.15, 0.2) is 5.78 Å². The van der Waals surface area contributed by atoms with Crippen LogP contribution in [0.4, 0.5) is 5.95 Å². The van der Waals surface area contributed by atoms with Crippen molar-refractivity contribution >= 4 is 35.8 Å². The van der Waals surface area contributed by atoms with Crippen molar-refractivity contribution in [2.75, 3.05) is 24.1 Å². The molecule has 3 aromatic rings. The Morgan fingerprint density at radius 3 is 2.86 bits per heavy atom. The molecule has 0 saturated carbocycles. The summed E-state index contributed by atoms with van der Waals surface area (Å²) >= 11 is 1.19. The number of anilines is 1. The Morgan fingerprint density at radius 2 is 2.07 bits per heavy atom. The Bertz CT molecular complexity index is 1020. The number of Topliss-reactive ketones (excluding diaryl/α,β-unsaturated/α-hetero) is 1. The van der Waals surface area contributed by atoms with Crippen LogP contribution >= 0.6 is 11.8 Å². The van der Waals surface area contributed by atoms with Crippen molar-refractivity contribution in [3.05, 3.63) is 71.8 Å². The van der Waals surface area contributed by atoms with Crippen molar-refractivity contribution in [2.24, 2.45) is 5.10 Å². The van der Waals surface area contributed by atoms with Crippen LogP contribution in [0.1, 0.15) is 15.9 Å². The first-order valence-electron chi connectivity index (χ1n) is 8.68. The van der Waals surface area contributed by atoms with Gasteiger partial charge < -0.3 is 10.6 Å². The van der Waals surface area contributed by atoms with Crippen LogP contribution in [-0.4, -0.2) is 39.7 Å². The molecule has 0 aliphatic carbocycles. The number of carbonyl (C=O) groups excluding carboxylic acids is 1. The average molecular weight is 408 g/mol. The van der Waals surface area contributed by atoms with E-state index in [9.17, 15) is 4.79 Å². The molecule has 9 heteroatoms. The van der Waals surface area contributed by atoms with Gasteiger partial charge in [0.1, 0.15) is 5.75 Å². The summed E-state index contributed by atoms with van der Waals surface area (Å²) in [5.74, 6) is 6.98. The first-order valence-corrected chi connectivity index (χ1v) is 9.67. The van der Waals surface area contributed by atoms with E-state index in [0.29, 0.717) is 16.5 Å². The van der Waals surface area contributed by atoms with Gasteiger partial charge in [0, 0.05) is 11.8 Å². The maximum absolute atomic E-state index is 12.3. The van der Waals surface area contributed by atoms with E-state index >= 15 is 0 Å². The van der Waals surface area contributed by atoms with E-state index in [1.54, 1.807) is 43.7 Å². The number of hydrogen-bond donors (Lipinski definition) is 2. The van der Waals surface area contributed by atoms with E-state index in [2.05, 4.69) is 20.7 Å². The highest BCUT2D eigenvalue weighted by atomic mass is 32.2. The fourth-order valence-corrected chi connectivity index (χ4v) is 3.07. The van der Waals surface area contributed by atoms with Crippen molar-refractivity contribution in [3.8, 4) is 5.75 Å². The molecule has 0 unspecified atom stereocenters. The highest BCUT2D eigenvalue weighted by molar-refractivity contribution is 7.99. The van der Waals surface area contributed by atoms with Crippen LogP contribution in [0.15, 0.2) is 70.9 Å². The van der Waals surface area contributed by atoms with Crippen LogP contribution in [-0.2, 0) is 0 Å². The molecule has 0 aliphatic rings. The van der Waals surface area contributed by atoms with Crippen molar-refractivity contribution in [3.63, 3.8) is 0 Å². The second kappa shape index (κ2) is 10.1. The number of benzene rings is 2. The largest absolute Gasteiger partial charge is 0.497 e. The maximum atomic E-state index is 12.3. The summed E-state index contributed by atoms with van der Waals surface area (Å²) in [5, 5.41) is 12.4. The van der Waals surface area contributed by atoms with Crippen LogP contribution in [0, 0.1) is 0 Å². The number of nitrogens with one attached hydrogen (secondary N) is 1. The molecule has 1 aromatic heterocycles. The van der Waals surface area contributed by atoms with Gasteiger partial charge in [-0.3, -0.25) is 4.79 Å². The summed E-state index contributed by atoms with van der Waals surface area (Å²) in [5.41, 5.74) is 4.35. The Labute approximate surface area is 172 Å². The minimum atomic E-state index is -0.0597. The standard InChI is InChI=1S/C20H20N6O2S/c1-28-17-11-5-10-16(13-17)18(27)14-29-20-25-24-19(26(20)21)23-22-12-6-9-15-7-3-2-4-8-15/h2-13H,14,21H2,1H3,(H,23,24)/b9-6+,22-12+. The molecule has 29 heavy (non-hydrogen) atoms. The lowest BCUT2D eigenvalue weighted by Gasteiger charge is -2.04. The predicted octanol–water partition coefficient (Wildman–Crippen LogP) is 3.09. The summed E-state index contributed by atoms with van der Waals surface area (Å²) < 4.78 is 6.39. The van der Waals surface area contributed by atoms with Crippen LogP contribution in [0.2, 0.25) is 0 Å². The van der Waals surface area contributed by atoms with E-state index in [4.69, 9.17) is 10.6 Å². The highest BCUT2D eigenvalue weighted by Crippen LogP contribution is 2.20. The number of nitrogen functional groups attached to an aromatic ring is 1. The minimum Gasteiger partial charge on any atom is -0.497 e. The van der Waals surface area contributed by atoms with Gasteiger partial charge in [-0.2, -0.15) is 5.10 Å². The van der Waals surface area contributed by atoms with Crippen molar-refractivity contribution in [1.82, 2.24) is 14.9 Å². The normalized spacial score (nSPS) is 11.2. The Morgan fingerprint density at radius 1 is 1.24 bits per heavy atom. The van der Waals surface area contributed by atoms with Crippen LogP contribution in [0.5, 0.6) is 5.75 Å². The van der Waals surface area contributed by atoms with E-state index in [0.717, 1.165) is 5.56 Å². The molecule has 0 spiro atoms. The summed E-state index contributed by atoms with van der Waals surface area (Å²) in [6, 6.07) is 16.9. The number of nitrogens with zero attached hydrogens (tertiary/aromatic N) is 4. The number of aromatic nitrogens is 3. The molecule has 0 aliphatic heterocycles. The molecule has 0 saturated heterocycles. The van der Waals surface area contributed by atoms with Gasteiger partial charge in [-0.05, 0) is 23.8 Å². The fraction of sp³-hybridized carbons (Fsp3) is 0.100. The van der Waals surface area contributed by atoms with Crippen molar-refractivity contribution in [2.45, 2.75) is 5.16 Å². The molecule has 0 bridgehead atoms. The number of hydrazone groups is 1. The number of ether oxygens (including phenoxy) is 1. The van der Waals surface area contributed by atoms with Gasteiger partial charge >= 0.3 is 0 Å². The average Bonchev–Trinajstić information content (AvgIpc) is 3.12. The first-order chi connectivity index (χ1) is 14.2. The van der Waals surface area contributed by atoms with E-state index < -0.39 is 0 Å². The number of carbonyl (C=O) groups is 1. The van der Waals surface area contributed by atoms with Crippen LogP contribution < -0.4 is 16.0 Å². The molecule has 1 heterocycles. The third-order valence-electron chi connectivity index (χ3n) is 3.80. The lowest BCUT2D eigenvalue weighted by molar-refractivity contribution is 0.102. The number of allylic oxidation sites excluding steroid dienone is 1. The summed E-state index contributed by atoms with van der Waals surface area (Å²) in [7, 11) is 1.56. The number of rotatable bonds is 9. The lowest BCUT2D eigenvalue weighted by Crippen LogP contribution is -2.14. The SMILES string of the molecule is COc1cccc(C(=O)CSc2nnc(N/N=C/C=C/c3ccccc3)n2N)c1. The smallest absolute Gasteiger partial charge is 0.264 e. The van der Waals surface area contributed by atoms with E-state index in [1.807, 2.05) is 36.4 Å². The first kappa shape index (κ1) is 20.2. The predicted molar refractivity (Wildman–Crippen MR) is 116 cm³/mol. The quantitative estimate of drug-likeness (QED) is 0.184. The molecule has 3 N–H and O–H groups in total. The Kier molecular flexibility index (Phi) is 7.01. The third-order valence-corrected chi connectivity index (χ3v) is 4.75. The fourth-order valence-electron chi connectivity index (χ4n) is 2.32. The number of ketones is 1. The molecule has 0 radical (unpaired) electrons. The van der Waals surface area contributed by atoms with Gasteiger partial charge in [0.25, 0.3) is 5.95 Å². The Hall–Kier alpha value is -3.59. The number of nitrogens with two attached hydrogens (primary N) is 1. The minimum absolute atomic E-state index is 0.0597. The van der Waals surface area contributed by atoms with Crippen LogP contribution in [0.3, 0.4) is 0 Å². The maximum Gasteiger partial charge on any atom is 0.264 e. The van der Waals surface area contributed by atoms with Gasteiger partial charge in [-0.1, -0.05) is 60.3 Å². The molecule has 0 amide bonds. The van der Waals surface area contributed by atoms with Gasteiger partial charge in [-0.25, -0.2) is 10.1 Å². The zero-order chi connectivity index (χ0) is 20.5. The van der Waals surface area contributed by atoms with E-state index in [-0.39, 0.29) is 17.5 Å². The third kappa shape index (κ3) is 5.69. The summed E-state index contributed by atoms with van der Waals surface area (Å²) in [4.78, 5) is 12.3. The summed E-state index contributed by atoms with van der Waals surface area (Å²) in [6.07, 6.45) is 5.30. The van der Waals surface area contributed by atoms with Crippen molar-refractivity contribution in [1.29, 1.82) is 0 Å². The second-order valence-electron chi connectivity index (χ2n) is 5.78. The molecule has 2 aromatic carbocycles. The zero-order valence-corrected chi connectivity index (χ0v) is 16.5. The molecule has 0 atom stereocenters. The summed E-state index contributed by atoms with van der Waals surface area (Å²) in [6.45, 7) is 0. The topological polar surface area (TPSA) is 107 Å². The number of hydrogen-bond acceptors (Lipinski definition) is 8. The number of methoxy groups -OCH3 is 1. The van der Waals surface area contributed by atoms with Gasteiger partial charge in [-0.15, -0.1) is 10.2 Å². The Balaban J connectivity index is 1.53. The number of thioether (sulfide) groups is 1. The zero-order valence-electron chi connectivity index (χ0n) is 15.7. The molecule has 8 nitrogen and oxygen atoms in total. The second-order valence-corrected chi connectivity index (χ2v) is 6.72. The molecule has 148 valence electrons. The van der Waals surface area contributed by atoms with Crippen molar-refractivity contribution < 1.29 is 9.53 Å². The molecule has 3 rings (SSSR count). The molecule has 0 fully saturated rings. The highest BCUT2D eigenvalue weighted by Gasteiger charge is 2.13. The van der Waals surface area contributed by atoms with Gasteiger partial charge in [0.2, 0.25) is 5.16 Å². The molecular weight excluding hydrogens is 388 g/mol. The molecular formula is C20H20N6O2S. The van der Waals surface area contributed by atoms with Gasteiger partial charge in [0.05, 0.1) is 12.9 Å². The monoisotopic (exact) mass is 408 g/mol. The lowest BCUT2D eigenvalue weighted by atomic mass is 10.1. The van der Waals surface area contributed by atoms with Crippen LogP contribution in [0.25, 0.3) is 6.08 Å².